The Hall–Kier alpha value is -3.07. The summed E-state index contributed by atoms with van der Waals surface area (Å²) in [7, 11) is -3.87. The van der Waals surface area contributed by atoms with Crippen LogP contribution in [-0.4, -0.2) is 39.1 Å². The van der Waals surface area contributed by atoms with Gasteiger partial charge >= 0.3 is 0 Å². The first-order valence-corrected chi connectivity index (χ1v) is 11.4. The lowest BCUT2D eigenvalue weighted by atomic mass is 10.1. The van der Waals surface area contributed by atoms with Gasteiger partial charge in [0, 0.05) is 35.7 Å². The van der Waals surface area contributed by atoms with Crippen LogP contribution in [0, 0.1) is 6.92 Å². The molecule has 2 amide bonds. The average molecular weight is 431 g/mol. The van der Waals surface area contributed by atoms with Crippen LogP contribution in [0.4, 0.5) is 17.1 Å². The summed E-state index contributed by atoms with van der Waals surface area (Å²) >= 11 is 0. The van der Waals surface area contributed by atoms with Crippen LogP contribution in [0.2, 0.25) is 0 Å². The van der Waals surface area contributed by atoms with Gasteiger partial charge in [-0.3, -0.25) is 14.3 Å². The molecule has 1 aliphatic rings. The van der Waals surface area contributed by atoms with Gasteiger partial charge in [-0.05, 0) is 74.2 Å². The van der Waals surface area contributed by atoms with E-state index in [9.17, 15) is 18.0 Å². The minimum Gasteiger partial charge on any atom is -0.372 e. The number of primary amides is 1. The average Bonchev–Trinajstić information content (AvgIpc) is 2.68. The van der Waals surface area contributed by atoms with Crippen LogP contribution in [-0.2, 0) is 14.8 Å². The van der Waals surface area contributed by atoms with E-state index >= 15 is 0 Å². The Morgan fingerprint density at radius 3 is 2.23 bits per heavy atom. The second kappa shape index (κ2) is 9.17. The molecule has 2 aromatic carbocycles. The highest BCUT2D eigenvalue weighted by atomic mass is 32.2. The zero-order valence-corrected chi connectivity index (χ0v) is 17.7. The second-order valence-electron chi connectivity index (χ2n) is 7.40. The Morgan fingerprint density at radius 2 is 1.63 bits per heavy atom. The maximum atomic E-state index is 12.4. The van der Waals surface area contributed by atoms with Crippen LogP contribution < -0.4 is 20.7 Å². The summed E-state index contributed by atoms with van der Waals surface area (Å²) in [6, 6.07) is 11.7. The molecule has 30 heavy (non-hydrogen) atoms. The number of piperidine rings is 1. The summed E-state index contributed by atoms with van der Waals surface area (Å²) in [5.74, 6) is -1.97. The quantitative estimate of drug-likeness (QED) is 0.623. The number of sulfonamides is 1. The molecule has 0 saturated carbocycles. The van der Waals surface area contributed by atoms with Gasteiger partial charge in [0.05, 0.1) is 0 Å². The van der Waals surface area contributed by atoms with E-state index in [1.165, 1.54) is 18.6 Å². The molecule has 2 aromatic rings. The predicted molar refractivity (Wildman–Crippen MR) is 118 cm³/mol. The fourth-order valence-corrected chi connectivity index (χ4v) is 4.48. The molecule has 160 valence electrons. The summed E-state index contributed by atoms with van der Waals surface area (Å²) in [4.78, 5) is 25.7. The topological polar surface area (TPSA) is 122 Å². The zero-order valence-electron chi connectivity index (χ0n) is 16.8. The Kier molecular flexibility index (Phi) is 6.61. The number of hydrogen-bond acceptors (Lipinski definition) is 5. The molecule has 9 heteroatoms. The number of amides is 2. The van der Waals surface area contributed by atoms with E-state index in [1.54, 1.807) is 25.1 Å². The Labute approximate surface area is 176 Å². The van der Waals surface area contributed by atoms with Crippen molar-refractivity contribution in [3.05, 3.63) is 53.6 Å². The fraction of sp³-hybridized carbons (Fsp3) is 0.333. The van der Waals surface area contributed by atoms with E-state index in [-0.39, 0.29) is 0 Å². The van der Waals surface area contributed by atoms with E-state index in [0.717, 1.165) is 31.6 Å². The highest BCUT2D eigenvalue weighted by Gasteiger charge is 2.18. The van der Waals surface area contributed by atoms with Gasteiger partial charge in [-0.25, -0.2) is 8.42 Å². The summed E-state index contributed by atoms with van der Waals surface area (Å²) < 4.78 is 27.1. The van der Waals surface area contributed by atoms with E-state index in [4.69, 9.17) is 5.73 Å². The third kappa shape index (κ3) is 5.73. The van der Waals surface area contributed by atoms with Gasteiger partial charge < -0.3 is 16.0 Å². The van der Waals surface area contributed by atoms with Crippen LogP contribution in [0.25, 0.3) is 0 Å². The molecule has 0 spiro atoms. The molecule has 3 rings (SSSR count). The molecule has 0 atom stereocenters. The van der Waals surface area contributed by atoms with Crippen molar-refractivity contribution >= 4 is 38.9 Å². The van der Waals surface area contributed by atoms with Gasteiger partial charge in [-0.1, -0.05) is 0 Å². The maximum Gasteiger partial charge on any atom is 0.248 e. The molecular formula is C21H26N4O4S. The predicted octanol–water partition coefficient (Wildman–Crippen LogP) is 2.46. The molecular weight excluding hydrogens is 404 g/mol. The van der Waals surface area contributed by atoms with E-state index in [1.807, 2.05) is 12.1 Å². The number of nitrogens with two attached hydrogens (primary N) is 1. The lowest BCUT2D eigenvalue weighted by Gasteiger charge is -2.28. The van der Waals surface area contributed by atoms with Crippen molar-refractivity contribution in [2.24, 2.45) is 5.73 Å². The summed E-state index contributed by atoms with van der Waals surface area (Å²) in [6.07, 6.45) is 3.56. The Bertz CT molecular complexity index is 1030. The van der Waals surface area contributed by atoms with Crippen LogP contribution in [0.1, 0.15) is 35.2 Å². The SMILES string of the molecule is Cc1cc(NC(=O)CS(=O)(=O)Nc2ccc(N3CCCCC3)cc2)ccc1C(N)=O. The fourth-order valence-electron chi connectivity index (χ4n) is 3.50. The van der Waals surface area contributed by atoms with Crippen molar-refractivity contribution in [1.29, 1.82) is 0 Å². The Balaban J connectivity index is 1.58. The first kappa shape index (κ1) is 21.6. The minimum absolute atomic E-state index is 0.343. The smallest absolute Gasteiger partial charge is 0.248 e. The van der Waals surface area contributed by atoms with Crippen LogP contribution in [0.15, 0.2) is 42.5 Å². The Morgan fingerprint density at radius 1 is 1.00 bits per heavy atom. The van der Waals surface area contributed by atoms with E-state index in [0.29, 0.717) is 22.5 Å². The molecule has 8 nitrogen and oxygen atoms in total. The third-order valence-electron chi connectivity index (χ3n) is 4.96. The summed E-state index contributed by atoms with van der Waals surface area (Å²) in [5, 5.41) is 2.53. The number of carbonyl (C=O) groups excluding carboxylic acids is 2. The molecule has 0 aliphatic carbocycles. The highest BCUT2D eigenvalue weighted by molar-refractivity contribution is 7.93. The van der Waals surface area contributed by atoms with Gasteiger partial charge in [-0.2, -0.15) is 0 Å². The summed E-state index contributed by atoms with van der Waals surface area (Å²) in [5.41, 5.74) is 8.05. The number of anilines is 3. The monoisotopic (exact) mass is 430 g/mol. The van der Waals surface area contributed by atoms with Gasteiger partial charge in [-0.15, -0.1) is 0 Å². The van der Waals surface area contributed by atoms with Crippen LogP contribution in [0.3, 0.4) is 0 Å². The molecule has 1 aliphatic heterocycles. The molecule has 4 N–H and O–H groups in total. The van der Waals surface area contributed by atoms with Crippen molar-refractivity contribution in [3.8, 4) is 0 Å². The molecule has 1 heterocycles. The lowest BCUT2D eigenvalue weighted by Crippen LogP contribution is -2.29. The molecule has 0 radical (unpaired) electrons. The van der Waals surface area contributed by atoms with Gasteiger partial charge in [0.25, 0.3) is 0 Å². The van der Waals surface area contributed by atoms with Crippen LogP contribution >= 0.6 is 0 Å². The van der Waals surface area contributed by atoms with Crippen LogP contribution in [0.5, 0.6) is 0 Å². The lowest BCUT2D eigenvalue weighted by molar-refractivity contribution is -0.113. The van der Waals surface area contributed by atoms with Crippen molar-refractivity contribution in [2.75, 3.05) is 33.8 Å². The highest BCUT2D eigenvalue weighted by Crippen LogP contribution is 2.22. The number of hydrogen-bond donors (Lipinski definition) is 3. The molecule has 0 unspecified atom stereocenters. The maximum absolute atomic E-state index is 12.4. The van der Waals surface area contributed by atoms with Crippen molar-refractivity contribution in [3.63, 3.8) is 0 Å². The molecule has 0 bridgehead atoms. The van der Waals surface area contributed by atoms with Gasteiger partial charge in [0.2, 0.25) is 21.8 Å². The molecule has 0 aromatic heterocycles. The zero-order chi connectivity index (χ0) is 21.7. The standard InChI is InChI=1S/C21H26N4O4S/c1-15-13-17(7-10-19(15)21(22)27)23-20(26)14-30(28,29)24-16-5-8-18(9-6-16)25-11-3-2-4-12-25/h5-10,13,24H,2-4,11-12,14H2,1H3,(H2,22,27)(H,23,26). The first-order chi connectivity index (χ1) is 14.2. The number of benzene rings is 2. The summed E-state index contributed by atoms with van der Waals surface area (Å²) in [6.45, 7) is 3.69. The van der Waals surface area contributed by atoms with Gasteiger partial charge in [0.15, 0.2) is 0 Å². The first-order valence-electron chi connectivity index (χ1n) is 9.79. The number of nitrogens with one attached hydrogen (secondary N) is 2. The van der Waals surface area contributed by atoms with Gasteiger partial charge in [0.1, 0.15) is 5.75 Å². The minimum atomic E-state index is -3.87. The number of rotatable bonds is 7. The molecule has 1 fully saturated rings. The number of carbonyl (C=O) groups is 2. The largest absolute Gasteiger partial charge is 0.372 e. The van der Waals surface area contributed by atoms with Crippen molar-refractivity contribution in [1.82, 2.24) is 0 Å². The van der Waals surface area contributed by atoms with Crippen molar-refractivity contribution in [2.45, 2.75) is 26.2 Å². The second-order valence-corrected chi connectivity index (χ2v) is 9.12. The molecule has 1 saturated heterocycles. The number of aryl methyl sites for hydroxylation is 1. The van der Waals surface area contributed by atoms with Crippen molar-refractivity contribution < 1.29 is 18.0 Å². The normalized spacial score (nSPS) is 14.2. The number of nitrogens with zero attached hydrogens (tertiary/aromatic N) is 1. The third-order valence-corrected chi connectivity index (χ3v) is 6.15. The van der Waals surface area contributed by atoms with E-state index < -0.39 is 27.6 Å². The van der Waals surface area contributed by atoms with E-state index in [2.05, 4.69) is 14.9 Å².